The molecule has 1 aliphatic carbocycles. The number of hydrogen-bond donors (Lipinski definition) is 0. The number of ether oxygens (including phenoxy) is 1. The van der Waals surface area contributed by atoms with Crippen molar-refractivity contribution in [1.29, 1.82) is 0 Å². The van der Waals surface area contributed by atoms with Crippen molar-refractivity contribution in [2.24, 2.45) is 11.8 Å². The molecule has 0 unspecified atom stereocenters. The van der Waals surface area contributed by atoms with Crippen molar-refractivity contribution in [3.63, 3.8) is 0 Å². The number of methoxy groups -OCH3 is 1. The highest BCUT2D eigenvalue weighted by Crippen LogP contribution is 2.29. The molecule has 0 heterocycles. The second kappa shape index (κ2) is 5.45. The van der Waals surface area contributed by atoms with Gasteiger partial charge in [0.1, 0.15) is 0 Å². The molecule has 1 fully saturated rings. The van der Waals surface area contributed by atoms with Crippen molar-refractivity contribution in [3.8, 4) is 0 Å². The largest absolute Gasteiger partial charge is 0.469 e. The van der Waals surface area contributed by atoms with E-state index in [0.29, 0.717) is 12.5 Å². The van der Waals surface area contributed by atoms with Crippen molar-refractivity contribution in [2.45, 2.75) is 25.7 Å². The van der Waals surface area contributed by atoms with E-state index in [4.69, 9.17) is 11.9 Å². The quantitative estimate of drug-likeness (QED) is 0.664. The normalized spacial score (nSPS) is 28.5. The van der Waals surface area contributed by atoms with Crippen LogP contribution in [0.4, 0.5) is 0 Å². The second-order valence-electron chi connectivity index (χ2n) is 3.52. The maximum Gasteiger partial charge on any atom is 0.308 e. The van der Waals surface area contributed by atoms with Gasteiger partial charge < -0.3 is 4.74 Å². The maximum absolute atomic E-state index is 11.2. The third-order valence-electron chi connectivity index (χ3n) is 2.68. The smallest absolute Gasteiger partial charge is 0.308 e. The number of hydrogen-bond acceptors (Lipinski definition) is 3. The lowest BCUT2D eigenvalue weighted by Crippen LogP contribution is -2.24. The monoisotopic (exact) mass is 206 g/mol. The first-order valence-corrected chi connectivity index (χ1v) is 4.90. The lowest BCUT2D eigenvalue weighted by atomic mass is 9.82. The van der Waals surface area contributed by atoms with Gasteiger partial charge in [-0.15, -0.1) is 0 Å². The average Bonchev–Trinajstić information content (AvgIpc) is 2.18. The fourth-order valence-corrected chi connectivity index (χ4v) is 2.00. The van der Waals surface area contributed by atoms with E-state index in [9.17, 15) is 4.79 Å². The zero-order chi connectivity index (χ0) is 9.68. The van der Waals surface area contributed by atoms with Crippen LogP contribution in [0.3, 0.4) is 0 Å². The Hall–Kier alpha value is -0.280. The summed E-state index contributed by atoms with van der Waals surface area (Å²) in [4.78, 5) is 11.2. The van der Waals surface area contributed by atoms with Crippen LogP contribution < -0.4 is 0 Å². The molecule has 0 radical (unpaired) electrons. The van der Waals surface area contributed by atoms with Crippen LogP contribution in [0.5, 0.6) is 0 Å². The van der Waals surface area contributed by atoms with Crippen molar-refractivity contribution in [2.75, 3.05) is 13.7 Å². The molecule has 0 amide bonds. The third-order valence-corrected chi connectivity index (χ3v) is 2.81. The summed E-state index contributed by atoms with van der Waals surface area (Å²) in [6.07, 6.45) is 3.81. The average molecular weight is 207 g/mol. The molecule has 13 heavy (non-hydrogen) atoms. The Bertz CT molecular complexity index is 164. The van der Waals surface area contributed by atoms with Gasteiger partial charge in [-0.1, -0.05) is 0 Å². The molecule has 0 N–H and O–H groups in total. The summed E-state index contributed by atoms with van der Waals surface area (Å²) in [5, 5.41) is 0. The molecule has 0 saturated heterocycles. The molecule has 0 atom stereocenters. The fourth-order valence-electron chi connectivity index (χ4n) is 1.82. The van der Waals surface area contributed by atoms with E-state index < -0.39 is 0 Å². The minimum atomic E-state index is -0.0785. The molecule has 1 rings (SSSR count). The Balaban J connectivity index is 2.26. The van der Waals surface area contributed by atoms with Crippen LogP contribution in [0.25, 0.3) is 0 Å². The van der Waals surface area contributed by atoms with Crippen molar-refractivity contribution in [3.05, 3.63) is 0 Å². The van der Waals surface area contributed by atoms with Crippen LogP contribution in [-0.4, -0.2) is 19.7 Å². The topological polar surface area (TPSA) is 35.5 Å². The molecule has 0 spiro atoms. The summed E-state index contributed by atoms with van der Waals surface area (Å²) in [7, 11) is 1.44. The lowest BCUT2D eigenvalue weighted by molar-refractivity contribution is -0.146. The summed E-state index contributed by atoms with van der Waals surface area (Å²) in [6, 6.07) is 0. The Morgan fingerprint density at radius 2 is 2.00 bits per heavy atom. The predicted molar refractivity (Wildman–Crippen MR) is 49.3 cm³/mol. The van der Waals surface area contributed by atoms with Gasteiger partial charge in [0.25, 0.3) is 0 Å². The molecule has 0 aliphatic heterocycles. The molecule has 0 bridgehead atoms. The maximum atomic E-state index is 11.2. The Kier molecular flexibility index (Phi) is 4.53. The van der Waals surface area contributed by atoms with Gasteiger partial charge in [0, 0.05) is 0 Å². The molecule has 76 valence electrons. The number of halogens is 1. The standard InChI is InChI=1S/C9H15ClO3/c1-12-9(11)8-4-2-7(3-5-8)6-13-10/h7-8H,2-6H2,1H3. The highest BCUT2D eigenvalue weighted by molar-refractivity contribution is 6.07. The summed E-state index contributed by atoms with van der Waals surface area (Å²) in [5.74, 6) is 0.528. The molecule has 1 saturated carbocycles. The Morgan fingerprint density at radius 3 is 2.46 bits per heavy atom. The fraction of sp³-hybridized carbons (Fsp3) is 0.889. The highest BCUT2D eigenvalue weighted by atomic mass is 35.5. The van der Waals surface area contributed by atoms with Gasteiger partial charge in [0.15, 0.2) is 0 Å². The number of carbonyl (C=O) groups excluding carboxylic acids is 1. The first-order valence-electron chi connectivity index (χ1n) is 4.59. The van der Waals surface area contributed by atoms with Crippen LogP contribution >= 0.6 is 11.9 Å². The summed E-state index contributed by atoms with van der Waals surface area (Å²) in [6.45, 7) is 0.593. The minimum absolute atomic E-state index is 0.0785. The van der Waals surface area contributed by atoms with Crippen LogP contribution in [0.1, 0.15) is 25.7 Å². The van der Waals surface area contributed by atoms with Gasteiger partial charge in [-0.3, -0.25) is 9.08 Å². The summed E-state index contributed by atoms with van der Waals surface area (Å²) in [5.41, 5.74) is 0. The van der Waals surface area contributed by atoms with Crippen molar-refractivity contribution < 1.29 is 13.8 Å². The SMILES string of the molecule is COC(=O)C1CCC(COCl)CC1. The van der Waals surface area contributed by atoms with E-state index in [1.807, 2.05) is 0 Å². The first kappa shape index (κ1) is 10.8. The summed E-state index contributed by atoms with van der Waals surface area (Å²) >= 11 is 5.17. The lowest BCUT2D eigenvalue weighted by Gasteiger charge is -2.25. The van der Waals surface area contributed by atoms with E-state index >= 15 is 0 Å². The van der Waals surface area contributed by atoms with Crippen LogP contribution in [0.2, 0.25) is 0 Å². The second-order valence-corrected chi connectivity index (χ2v) is 3.73. The predicted octanol–water partition coefficient (Wildman–Crippen LogP) is 2.14. The number of carbonyl (C=O) groups is 1. The van der Waals surface area contributed by atoms with Gasteiger partial charge in [-0.05, 0) is 31.6 Å². The van der Waals surface area contributed by atoms with E-state index in [2.05, 4.69) is 9.03 Å². The Labute approximate surface area is 83.5 Å². The zero-order valence-corrected chi connectivity index (χ0v) is 8.55. The van der Waals surface area contributed by atoms with Gasteiger partial charge >= 0.3 is 5.97 Å². The van der Waals surface area contributed by atoms with E-state index in [1.165, 1.54) is 7.11 Å². The van der Waals surface area contributed by atoms with Crippen LogP contribution in [0, 0.1) is 11.8 Å². The molecule has 1 aliphatic rings. The number of esters is 1. The van der Waals surface area contributed by atoms with E-state index in [-0.39, 0.29) is 11.9 Å². The molecule has 0 aromatic heterocycles. The minimum Gasteiger partial charge on any atom is -0.469 e. The van der Waals surface area contributed by atoms with Gasteiger partial charge in [0.2, 0.25) is 0 Å². The van der Waals surface area contributed by atoms with Gasteiger partial charge in [-0.25, -0.2) is 0 Å². The number of rotatable bonds is 3. The van der Waals surface area contributed by atoms with Crippen molar-refractivity contribution in [1.82, 2.24) is 0 Å². The van der Waals surface area contributed by atoms with E-state index in [1.54, 1.807) is 0 Å². The van der Waals surface area contributed by atoms with Crippen LogP contribution in [0.15, 0.2) is 0 Å². The van der Waals surface area contributed by atoms with Gasteiger partial charge in [0.05, 0.1) is 31.5 Å². The van der Waals surface area contributed by atoms with Crippen LogP contribution in [-0.2, 0) is 13.8 Å². The molecular weight excluding hydrogens is 192 g/mol. The molecule has 0 aromatic carbocycles. The van der Waals surface area contributed by atoms with Crippen molar-refractivity contribution >= 4 is 17.8 Å². The van der Waals surface area contributed by atoms with E-state index in [0.717, 1.165) is 25.7 Å². The third kappa shape index (κ3) is 3.16. The molecular formula is C9H15ClO3. The molecule has 4 heteroatoms. The Morgan fingerprint density at radius 1 is 1.38 bits per heavy atom. The summed E-state index contributed by atoms with van der Waals surface area (Å²) < 4.78 is 9.25. The molecule has 0 aromatic rings. The highest BCUT2D eigenvalue weighted by Gasteiger charge is 2.26. The zero-order valence-electron chi connectivity index (χ0n) is 7.79. The van der Waals surface area contributed by atoms with Gasteiger partial charge in [-0.2, -0.15) is 0 Å². The first-order chi connectivity index (χ1) is 6.27. The molecule has 3 nitrogen and oxygen atoms in total.